The number of carbonyl (C=O) groups is 3. The molecule has 2 amide bonds. The van der Waals surface area contributed by atoms with Crippen LogP contribution >= 0.6 is 0 Å². The first-order chi connectivity index (χ1) is 11.8. The molecule has 0 radical (unpaired) electrons. The Labute approximate surface area is 143 Å². The van der Waals surface area contributed by atoms with E-state index < -0.39 is 23.4 Å². The van der Waals surface area contributed by atoms with Crippen molar-refractivity contribution in [1.29, 1.82) is 0 Å². The number of hydrogen-bond donors (Lipinski definition) is 2. The average Bonchev–Trinajstić information content (AvgIpc) is 2.57. The smallest absolute Gasteiger partial charge is 0.304 e. The second-order valence-corrected chi connectivity index (χ2v) is 5.23. The maximum Gasteiger partial charge on any atom is 0.304 e. The number of fused-ring (bicyclic) bond motifs is 1. The molecule has 25 heavy (non-hydrogen) atoms. The van der Waals surface area contributed by atoms with Crippen LogP contribution in [0.25, 0.3) is 10.8 Å². The van der Waals surface area contributed by atoms with Gasteiger partial charge in [-0.2, -0.15) is 0 Å². The lowest BCUT2D eigenvalue weighted by atomic mass is 9.86. The Balaban J connectivity index is 2.96. The van der Waals surface area contributed by atoms with Crippen LogP contribution in [0.4, 0.5) is 0 Å². The largest absolute Gasteiger partial charge is 0.497 e. The van der Waals surface area contributed by atoms with E-state index in [-0.39, 0.29) is 11.3 Å². The maximum absolute atomic E-state index is 12.2. The number of benzene rings is 2. The van der Waals surface area contributed by atoms with Crippen molar-refractivity contribution in [2.75, 3.05) is 14.2 Å². The van der Waals surface area contributed by atoms with E-state index in [1.54, 1.807) is 24.3 Å². The summed E-state index contributed by atoms with van der Waals surface area (Å²) in [6.07, 6.45) is 0. The van der Waals surface area contributed by atoms with E-state index in [1.807, 2.05) is 0 Å². The summed E-state index contributed by atoms with van der Waals surface area (Å²) in [5.41, 5.74) is 8.31. The van der Waals surface area contributed by atoms with E-state index >= 15 is 0 Å². The fraction of sp³-hybridized carbons (Fsp3) is 0.235. The summed E-state index contributed by atoms with van der Waals surface area (Å²) >= 11 is 0. The molecule has 0 heterocycles. The molecular formula is C17H18N2O6. The van der Waals surface area contributed by atoms with Gasteiger partial charge in [0.1, 0.15) is 11.5 Å². The molecule has 0 atom stereocenters. The number of ether oxygens (including phenoxy) is 3. The fourth-order valence-electron chi connectivity index (χ4n) is 2.68. The van der Waals surface area contributed by atoms with Crippen molar-refractivity contribution in [3.05, 3.63) is 35.9 Å². The first-order valence-electron chi connectivity index (χ1n) is 7.22. The number of hydrogen-bond acceptors (Lipinski definition) is 6. The molecule has 0 aromatic heterocycles. The number of carbonyl (C=O) groups excluding carboxylic acids is 3. The highest BCUT2D eigenvalue weighted by Crippen LogP contribution is 2.40. The van der Waals surface area contributed by atoms with Crippen LogP contribution in [0.3, 0.4) is 0 Å². The summed E-state index contributed by atoms with van der Waals surface area (Å²) in [5, 5.41) is 1.01. The summed E-state index contributed by atoms with van der Waals surface area (Å²) in [6, 6.07) is 8.10. The molecule has 2 aromatic carbocycles. The van der Waals surface area contributed by atoms with Crippen LogP contribution in [-0.2, 0) is 24.7 Å². The second-order valence-electron chi connectivity index (χ2n) is 5.23. The highest BCUT2D eigenvalue weighted by molar-refractivity contribution is 6.13. The van der Waals surface area contributed by atoms with E-state index in [2.05, 4.69) is 0 Å². The Bertz CT molecular complexity index is 848. The lowest BCUT2D eigenvalue weighted by molar-refractivity contribution is -0.172. The number of esters is 1. The molecule has 4 N–H and O–H groups in total. The van der Waals surface area contributed by atoms with E-state index in [1.165, 1.54) is 20.3 Å². The minimum Gasteiger partial charge on any atom is -0.497 e. The predicted octanol–water partition coefficient (Wildman–Crippen LogP) is 0.586. The van der Waals surface area contributed by atoms with Crippen LogP contribution in [0.5, 0.6) is 11.5 Å². The molecule has 0 aliphatic heterocycles. The summed E-state index contributed by atoms with van der Waals surface area (Å²) in [7, 11) is 2.84. The number of rotatable bonds is 6. The van der Waals surface area contributed by atoms with Crippen molar-refractivity contribution in [3.8, 4) is 11.5 Å². The first kappa shape index (κ1) is 18.1. The molecule has 8 nitrogen and oxygen atoms in total. The zero-order chi connectivity index (χ0) is 18.8. The zero-order valence-corrected chi connectivity index (χ0v) is 14.0. The number of methoxy groups -OCH3 is 2. The van der Waals surface area contributed by atoms with Crippen LogP contribution in [0.2, 0.25) is 0 Å². The van der Waals surface area contributed by atoms with Crippen molar-refractivity contribution < 1.29 is 28.6 Å². The average molecular weight is 346 g/mol. The molecule has 0 spiro atoms. The lowest BCUT2D eigenvalue weighted by Crippen LogP contribution is -2.54. The normalized spacial score (nSPS) is 11.0. The van der Waals surface area contributed by atoms with Gasteiger partial charge in [0.2, 0.25) is 0 Å². The number of amides is 2. The molecule has 132 valence electrons. The summed E-state index contributed by atoms with van der Waals surface area (Å²) in [5.74, 6) is -2.67. The van der Waals surface area contributed by atoms with Crippen molar-refractivity contribution in [2.24, 2.45) is 11.5 Å². The topological polar surface area (TPSA) is 131 Å². The van der Waals surface area contributed by atoms with Crippen LogP contribution in [-0.4, -0.2) is 32.0 Å². The molecule has 0 bridgehead atoms. The minimum atomic E-state index is -2.51. The molecule has 0 saturated carbocycles. The molecule has 0 saturated heterocycles. The van der Waals surface area contributed by atoms with Gasteiger partial charge in [0.15, 0.2) is 0 Å². The SMILES string of the molecule is COc1ccc2c(C(OC(C)=O)(C(N)=O)C(N)=O)c(OC)ccc2c1. The molecule has 0 aliphatic rings. The van der Waals surface area contributed by atoms with Gasteiger partial charge in [0.25, 0.3) is 17.4 Å². The maximum atomic E-state index is 12.2. The predicted molar refractivity (Wildman–Crippen MR) is 88.9 cm³/mol. The lowest BCUT2D eigenvalue weighted by Gasteiger charge is -2.29. The van der Waals surface area contributed by atoms with E-state index in [9.17, 15) is 14.4 Å². The zero-order valence-electron chi connectivity index (χ0n) is 14.0. The van der Waals surface area contributed by atoms with Gasteiger partial charge in [-0.25, -0.2) is 0 Å². The summed E-state index contributed by atoms with van der Waals surface area (Å²) in [6.45, 7) is 1.04. The molecule has 2 rings (SSSR count). The summed E-state index contributed by atoms with van der Waals surface area (Å²) in [4.78, 5) is 36.0. The van der Waals surface area contributed by atoms with Gasteiger partial charge in [-0.05, 0) is 29.0 Å². The van der Waals surface area contributed by atoms with Crippen LogP contribution < -0.4 is 20.9 Å². The second kappa shape index (κ2) is 6.68. The van der Waals surface area contributed by atoms with Crippen molar-refractivity contribution >= 4 is 28.6 Å². The Morgan fingerprint density at radius 1 is 0.960 bits per heavy atom. The van der Waals surface area contributed by atoms with Gasteiger partial charge in [0, 0.05) is 6.92 Å². The highest BCUT2D eigenvalue weighted by Gasteiger charge is 2.51. The van der Waals surface area contributed by atoms with Gasteiger partial charge in [-0.15, -0.1) is 0 Å². The van der Waals surface area contributed by atoms with Gasteiger partial charge >= 0.3 is 5.97 Å². The third-order valence-electron chi connectivity index (χ3n) is 3.75. The Kier molecular flexibility index (Phi) is 4.82. The molecule has 8 heteroatoms. The van der Waals surface area contributed by atoms with Crippen LogP contribution in [0, 0.1) is 0 Å². The molecular weight excluding hydrogens is 328 g/mol. The van der Waals surface area contributed by atoms with E-state index in [0.29, 0.717) is 16.5 Å². The Morgan fingerprint density at radius 3 is 2.08 bits per heavy atom. The first-order valence-corrected chi connectivity index (χ1v) is 7.22. The third-order valence-corrected chi connectivity index (χ3v) is 3.75. The quantitative estimate of drug-likeness (QED) is 0.581. The third kappa shape index (κ3) is 2.93. The van der Waals surface area contributed by atoms with Gasteiger partial charge < -0.3 is 25.7 Å². The number of primary amides is 2. The Morgan fingerprint density at radius 2 is 1.60 bits per heavy atom. The van der Waals surface area contributed by atoms with Gasteiger partial charge in [-0.1, -0.05) is 12.1 Å². The van der Waals surface area contributed by atoms with Gasteiger partial charge in [-0.3, -0.25) is 14.4 Å². The fourth-order valence-corrected chi connectivity index (χ4v) is 2.68. The van der Waals surface area contributed by atoms with Crippen molar-refractivity contribution in [2.45, 2.75) is 12.5 Å². The van der Waals surface area contributed by atoms with Gasteiger partial charge in [0.05, 0.1) is 19.8 Å². The molecule has 0 fully saturated rings. The van der Waals surface area contributed by atoms with Crippen LogP contribution in [0.1, 0.15) is 12.5 Å². The number of nitrogens with two attached hydrogens (primary N) is 2. The molecule has 0 unspecified atom stereocenters. The van der Waals surface area contributed by atoms with E-state index in [4.69, 9.17) is 25.7 Å². The minimum absolute atomic E-state index is 0.0367. The van der Waals surface area contributed by atoms with Crippen molar-refractivity contribution in [1.82, 2.24) is 0 Å². The van der Waals surface area contributed by atoms with Crippen molar-refractivity contribution in [3.63, 3.8) is 0 Å². The summed E-state index contributed by atoms with van der Waals surface area (Å²) < 4.78 is 15.5. The monoisotopic (exact) mass is 346 g/mol. The Hall–Kier alpha value is -3.29. The highest BCUT2D eigenvalue weighted by atomic mass is 16.6. The standard InChI is InChI=1S/C17H18N2O6/c1-9(20)25-17(15(18)21,16(19)22)14-12-6-5-11(23-2)8-10(12)4-7-13(14)24-3/h4-8H,1-3H3,(H2,18,21)(H2,19,22). The van der Waals surface area contributed by atoms with Crippen LogP contribution in [0.15, 0.2) is 30.3 Å². The van der Waals surface area contributed by atoms with E-state index in [0.717, 1.165) is 6.92 Å². The molecule has 2 aromatic rings. The molecule has 0 aliphatic carbocycles.